The van der Waals surface area contributed by atoms with Crippen LogP contribution in [0.4, 0.5) is 11.4 Å². The SMILES string of the molecule is C=O.C=O.CC(=O)N(C)CCc1ccc(NC(=O)C(=O)NCCc2ccc(N(C)C(C)=O)cc2)cc1. The molecule has 0 spiro atoms. The van der Waals surface area contributed by atoms with Crippen LogP contribution in [0.2, 0.25) is 0 Å². The van der Waals surface area contributed by atoms with E-state index < -0.39 is 11.8 Å². The Hall–Kier alpha value is -4.34. The van der Waals surface area contributed by atoms with E-state index >= 15 is 0 Å². The van der Waals surface area contributed by atoms with Crippen LogP contribution in [0.1, 0.15) is 25.0 Å². The van der Waals surface area contributed by atoms with Crippen LogP contribution in [0.3, 0.4) is 0 Å². The van der Waals surface area contributed by atoms with Gasteiger partial charge in [-0.1, -0.05) is 24.3 Å². The smallest absolute Gasteiger partial charge is 0.313 e. The van der Waals surface area contributed by atoms with Gasteiger partial charge in [0.2, 0.25) is 11.8 Å². The first-order valence-corrected chi connectivity index (χ1v) is 11.0. The van der Waals surface area contributed by atoms with E-state index in [0.29, 0.717) is 31.6 Å². The van der Waals surface area contributed by atoms with Gasteiger partial charge in [0.25, 0.3) is 0 Å². The fourth-order valence-electron chi connectivity index (χ4n) is 2.87. The van der Waals surface area contributed by atoms with Crippen LogP contribution in [0.15, 0.2) is 48.5 Å². The second-order valence-corrected chi connectivity index (χ2v) is 7.59. The van der Waals surface area contributed by atoms with Crippen LogP contribution in [0.25, 0.3) is 0 Å². The predicted octanol–water partition coefficient (Wildman–Crippen LogP) is 1.62. The van der Waals surface area contributed by atoms with Gasteiger partial charge in [-0.15, -0.1) is 0 Å². The summed E-state index contributed by atoms with van der Waals surface area (Å²) in [6, 6.07) is 14.6. The van der Waals surface area contributed by atoms with Gasteiger partial charge in [-0.3, -0.25) is 19.2 Å². The number of nitrogens with one attached hydrogen (secondary N) is 2. The van der Waals surface area contributed by atoms with Crippen molar-refractivity contribution in [3.8, 4) is 0 Å². The maximum atomic E-state index is 12.1. The Kier molecular flexibility index (Phi) is 15.1. The summed E-state index contributed by atoms with van der Waals surface area (Å²) in [5.41, 5.74) is 3.33. The number of likely N-dealkylation sites (N-methyl/N-ethyl adjacent to an activating group) is 1. The molecule has 2 aromatic carbocycles. The van der Waals surface area contributed by atoms with Crippen molar-refractivity contribution in [2.75, 3.05) is 37.4 Å². The van der Waals surface area contributed by atoms with Gasteiger partial charge in [0.05, 0.1) is 0 Å². The van der Waals surface area contributed by atoms with Crippen molar-refractivity contribution in [3.05, 3.63) is 59.7 Å². The highest BCUT2D eigenvalue weighted by Gasteiger charge is 2.13. The van der Waals surface area contributed by atoms with Crippen LogP contribution in [0.5, 0.6) is 0 Å². The number of carbonyl (C=O) groups is 6. The molecule has 4 amide bonds. The van der Waals surface area contributed by atoms with E-state index in [2.05, 4.69) is 10.6 Å². The molecule has 2 N–H and O–H groups in total. The van der Waals surface area contributed by atoms with Gasteiger partial charge < -0.3 is 30.0 Å². The Morgan fingerprint density at radius 1 is 0.722 bits per heavy atom. The second-order valence-electron chi connectivity index (χ2n) is 7.59. The first-order valence-electron chi connectivity index (χ1n) is 11.0. The summed E-state index contributed by atoms with van der Waals surface area (Å²) in [5.74, 6) is -1.47. The lowest BCUT2D eigenvalue weighted by Gasteiger charge is -2.15. The summed E-state index contributed by atoms with van der Waals surface area (Å²) < 4.78 is 0. The predicted molar refractivity (Wildman–Crippen MR) is 139 cm³/mol. The van der Waals surface area contributed by atoms with Crippen molar-refractivity contribution < 1.29 is 28.8 Å². The zero-order valence-corrected chi connectivity index (χ0v) is 21.2. The van der Waals surface area contributed by atoms with Crippen LogP contribution in [0, 0.1) is 0 Å². The average Bonchev–Trinajstić information content (AvgIpc) is 2.90. The van der Waals surface area contributed by atoms with E-state index in [1.807, 2.05) is 50.0 Å². The Balaban J connectivity index is 0.00000291. The molecular weight excluding hydrogens is 464 g/mol. The topological polar surface area (TPSA) is 133 Å². The van der Waals surface area contributed by atoms with Crippen LogP contribution < -0.4 is 15.5 Å². The van der Waals surface area contributed by atoms with E-state index in [1.54, 1.807) is 36.0 Å². The minimum atomic E-state index is -0.729. The number of benzene rings is 2. The van der Waals surface area contributed by atoms with E-state index in [4.69, 9.17) is 9.59 Å². The van der Waals surface area contributed by atoms with Crippen molar-refractivity contribution in [1.29, 1.82) is 0 Å². The lowest BCUT2D eigenvalue weighted by Crippen LogP contribution is -2.36. The standard InChI is InChI=1S/C24H30N4O4.2CH2O/c1-17(29)27(3)16-14-20-5-9-21(10-6-20)26-24(32)23(31)25-15-13-19-7-11-22(12-8-19)28(4)18(2)30;2*1-2/h5-12H,13-16H2,1-4H3,(H,25,31)(H,26,32);2*1H2. The highest BCUT2D eigenvalue weighted by atomic mass is 16.2. The normalized spacial score (nSPS) is 9.33. The van der Waals surface area contributed by atoms with Gasteiger partial charge in [-0.25, -0.2) is 0 Å². The summed E-state index contributed by atoms with van der Waals surface area (Å²) >= 11 is 0. The molecule has 36 heavy (non-hydrogen) atoms. The fourth-order valence-corrected chi connectivity index (χ4v) is 2.87. The molecule has 2 rings (SSSR count). The molecule has 2 aromatic rings. The molecule has 10 heteroatoms. The molecule has 0 atom stereocenters. The van der Waals surface area contributed by atoms with Gasteiger partial charge in [0.1, 0.15) is 13.6 Å². The molecular formula is C26H34N4O6. The summed E-state index contributed by atoms with van der Waals surface area (Å²) in [6.45, 7) is 7.95. The lowest BCUT2D eigenvalue weighted by atomic mass is 10.1. The van der Waals surface area contributed by atoms with Crippen LogP contribution in [-0.2, 0) is 41.6 Å². The van der Waals surface area contributed by atoms with Gasteiger partial charge in [0, 0.05) is 52.4 Å². The molecule has 0 aliphatic rings. The molecule has 0 radical (unpaired) electrons. The monoisotopic (exact) mass is 498 g/mol. The third-order valence-electron chi connectivity index (χ3n) is 5.19. The van der Waals surface area contributed by atoms with Gasteiger partial charge >= 0.3 is 11.8 Å². The Labute approximate surface area is 211 Å². The van der Waals surface area contributed by atoms with E-state index in [-0.39, 0.29) is 11.8 Å². The molecule has 0 aromatic heterocycles. The molecule has 0 heterocycles. The van der Waals surface area contributed by atoms with Crippen LogP contribution >= 0.6 is 0 Å². The first kappa shape index (κ1) is 31.7. The quantitative estimate of drug-likeness (QED) is 0.532. The maximum Gasteiger partial charge on any atom is 0.313 e. The number of hydrogen-bond donors (Lipinski definition) is 2. The highest BCUT2D eigenvalue weighted by Crippen LogP contribution is 2.14. The second kappa shape index (κ2) is 17.1. The number of amides is 4. The minimum Gasteiger partial charge on any atom is -0.347 e. The van der Waals surface area contributed by atoms with E-state index in [0.717, 1.165) is 16.8 Å². The van der Waals surface area contributed by atoms with Crippen molar-refractivity contribution in [2.45, 2.75) is 26.7 Å². The molecule has 0 saturated carbocycles. The molecule has 0 saturated heterocycles. The summed E-state index contributed by atoms with van der Waals surface area (Å²) in [4.78, 5) is 66.0. The van der Waals surface area contributed by atoms with Gasteiger partial charge in [-0.05, 0) is 48.2 Å². The zero-order valence-electron chi connectivity index (χ0n) is 21.2. The van der Waals surface area contributed by atoms with Crippen molar-refractivity contribution in [1.82, 2.24) is 10.2 Å². The molecule has 10 nitrogen and oxygen atoms in total. The summed E-state index contributed by atoms with van der Waals surface area (Å²) in [7, 11) is 3.45. The number of nitrogens with zero attached hydrogens (tertiary/aromatic N) is 2. The largest absolute Gasteiger partial charge is 0.347 e. The van der Waals surface area contributed by atoms with E-state index in [1.165, 1.54) is 13.8 Å². The summed E-state index contributed by atoms with van der Waals surface area (Å²) in [5, 5.41) is 5.19. The third-order valence-corrected chi connectivity index (χ3v) is 5.19. The molecule has 0 aliphatic heterocycles. The average molecular weight is 499 g/mol. The van der Waals surface area contributed by atoms with Crippen LogP contribution in [-0.4, -0.2) is 69.3 Å². The van der Waals surface area contributed by atoms with Gasteiger partial charge in [0.15, 0.2) is 0 Å². The number of carbonyl (C=O) groups excluding carboxylic acids is 6. The lowest BCUT2D eigenvalue weighted by molar-refractivity contribution is -0.136. The zero-order chi connectivity index (χ0) is 27.7. The Morgan fingerprint density at radius 3 is 1.72 bits per heavy atom. The van der Waals surface area contributed by atoms with Crippen molar-refractivity contribution >= 4 is 48.6 Å². The number of rotatable bonds is 8. The summed E-state index contributed by atoms with van der Waals surface area (Å²) in [6.07, 6.45) is 1.27. The van der Waals surface area contributed by atoms with Crippen molar-refractivity contribution in [2.24, 2.45) is 0 Å². The molecule has 0 aliphatic carbocycles. The third kappa shape index (κ3) is 11.2. The number of anilines is 2. The van der Waals surface area contributed by atoms with E-state index in [9.17, 15) is 19.2 Å². The number of hydrogen-bond acceptors (Lipinski definition) is 6. The molecule has 194 valence electrons. The maximum absolute atomic E-state index is 12.1. The Morgan fingerprint density at radius 2 is 1.22 bits per heavy atom. The molecule has 0 bridgehead atoms. The van der Waals surface area contributed by atoms with Gasteiger partial charge in [-0.2, -0.15) is 0 Å². The Bertz CT molecular complexity index is 990. The highest BCUT2D eigenvalue weighted by molar-refractivity contribution is 6.39. The fraction of sp³-hybridized carbons (Fsp3) is 0.308. The molecule has 0 fully saturated rings. The minimum absolute atomic E-state index is 0.0116. The van der Waals surface area contributed by atoms with Crippen molar-refractivity contribution in [3.63, 3.8) is 0 Å². The molecule has 0 unspecified atom stereocenters. The first-order chi connectivity index (χ1) is 17.2.